The molecule has 2 aromatic rings. The minimum absolute atomic E-state index is 0.118. The molecule has 0 saturated heterocycles. The lowest BCUT2D eigenvalue weighted by Crippen LogP contribution is -2.11. The van der Waals surface area contributed by atoms with Crippen LogP contribution in [0.25, 0.3) is 11.1 Å². The zero-order valence-electron chi connectivity index (χ0n) is 9.35. The van der Waals surface area contributed by atoms with Crippen molar-refractivity contribution in [2.45, 2.75) is 0 Å². The van der Waals surface area contributed by atoms with E-state index in [0.717, 1.165) is 6.07 Å². The molecule has 0 atom stereocenters. The van der Waals surface area contributed by atoms with Gasteiger partial charge < -0.3 is 5.73 Å². The number of terminal acetylenes is 1. The normalized spacial score (nSPS) is 9.78. The van der Waals surface area contributed by atoms with E-state index in [0.29, 0.717) is 16.7 Å². The summed E-state index contributed by atoms with van der Waals surface area (Å²) in [4.78, 5) is 14.8. The monoisotopic (exact) mass is 240 g/mol. The average molecular weight is 240 g/mol. The second kappa shape index (κ2) is 4.68. The van der Waals surface area contributed by atoms with Gasteiger partial charge in [0.25, 0.3) is 0 Å². The second-order valence-corrected chi connectivity index (χ2v) is 3.62. The van der Waals surface area contributed by atoms with E-state index in [2.05, 4.69) is 10.9 Å². The maximum absolute atomic E-state index is 13.9. The molecule has 2 rings (SSSR count). The molecule has 0 bridgehead atoms. The molecule has 0 aliphatic rings. The average Bonchev–Trinajstić information content (AvgIpc) is 2.38. The van der Waals surface area contributed by atoms with Crippen molar-refractivity contribution in [3.63, 3.8) is 0 Å². The lowest BCUT2D eigenvalue weighted by Gasteiger charge is -2.06. The number of halogens is 1. The number of nitrogens with two attached hydrogens (primary N) is 1. The summed E-state index contributed by atoms with van der Waals surface area (Å²) >= 11 is 0. The van der Waals surface area contributed by atoms with E-state index in [1.807, 2.05) is 0 Å². The molecule has 0 fully saturated rings. The Hall–Kier alpha value is -2.67. The topological polar surface area (TPSA) is 56.0 Å². The number of hydrogen-bond donors (Lipinski definition) is 1. The van der Waals surface area contributed by atoms with Crippen LogP contribution < -0.4 is 5.73 Å². The summed E-state index contributed by atoms with van der Waals surface area (Å²) in [7, 11) is 0. The van der Waals surface area contributed by atoms with Gasteiger partial charge in [-0.3, -0.25) is 9.78 Å². The number of carbonyl (C=O) groups excluding carboxylic acids is 1. The Kier molecular flexibility index (Phi) is 3.07. The molecule has 0 saturated carbocycles. The Labute approximate surface area is 103 Å². The van der Waals surface area contributed by atoms with E-state index in [1.165, 1.54) is 24.5 Å². The van der Waals surface area contributed by atoms with E-state index in [9.17, 15) is 9.18 Å². The molecule has 18 heavy (non-hydrogen) atoms. The highest BCUT2D eigenvalue weighted by Crippen LogP contribution is 2.25. The second-order valence-electron chi connectivity index (χ2n) is 3.62. The summed E-state index contributed by atoms with van der Waals surface area (Å²) in [6.45, 7) is 0. The Bertz CT molecular complexity index is 659. The molecule has 0 spiro atoms. The SMILES string of the molecule is C#Cc1cnccc1-c1ccc(C(N)=O)cc1F. The summed E-state index contributed by atoms with van der Waals surface area (Å²) in [5.41, 5.74) is 6.56. The number of nitrogens with zero attached hydrogens (tertiary/aromatic N) is 1. The highest BCUT2D eigenvalue weighted by Gasteiger charge is 2.11. The van der Waals surface area contributed by atoms with Gasteiger partial charge in [-0.1, -0.05) is 12.0 Å². The van der Waals surface area contributed by atoms with Gasteiger partial charge in [0, 0.05) is 29.1 Å². The fourth-order valence-electron chi connectivity index (χ4n) is 1.63. The predicted molar refractivity (Wildman–Crippen MR) is 66.1 cm³/mol. The van der Waals surface area contributed by atoms with Crippen LogP contribution in [0.3, 0.4) is 0 Å². The molecule has 3 nitrogen and oxygen atoms in total. The molecule has 4 heteroatoms. The molecular weight excluding hydrogens is 231 g/mol. The third-order valence-electron chi connectivity index (χ3n) is 2.52. The van der Waals surface area contributed by atoms with Gasteiger partial charge in [0.05, 0.1) is 5.56 Å². The zero-order chi connectivity index (χ0) is 13.1. The largest absolute Gasteiger partial charge is 0.366 e. The van der Waals surface area contributed by atoms with Gasteiger partial charge in [-0.25, -0.2) is 4.39 Å². The van der Waals surface area contributed by atoms with Crippen LogP contribution >= 0.6 is 0 Å². The van der Waals surface area contributed by atoms with Crippen molar-refractivity contribution in [1.82, 2.24) is 4.98 Å². The van der Waals surface area contributed by atoms with Gasteiger partial charge in [0.2, 0.25) is 5.91 Å². The number of aromatic nitrogens is 1. The van der Waals surface area contributed by atoms with Crippen LogP contribution in [0.5, 0.6) is 0 Å². The fraction of sp³-hybridized carbons (Fsp3) is 0. The number of hydrogen-bond acceptors (Lipinski definition) is 2. The molecule has 0 radical (unpaired) electrons. The number of rotatable bonds is 2. The smallest absolute Gasteiger partial charge is 0.248 e. The summed E-state index contributed by atoms with van der Waals surface area (Å²) in [6.07, 6.45) is 8.34. The standard InChI is InChI=1S/C14H9FN2O/c1-2-9-8-17-6-5-11(9)12-4-3-10(14(16)18)7-13(12)15/h1,3-8H,(H2,16,18). The van der Waals surface area contributed by atoms with Crippen LogP contribution in [0.15, 0.2) is 36.7 Å². The van der Waals surface area contributed by atoms with Gasteiger partial charge in [0.15, 0.2) is 0 Å². The number of amides is 1. The molecule has 1 heterocycles. The minimum Gasteiger partial charge on any atom is -0.366 e. The van der Waals surface area contributed by atoms with Gasteiger partial charge >= 0.3 is 0 Å². The maximum Gasteiger partial charge on any atom is 0.248 e. The Balaban J connectivity index is 2.59. The number of pyridine rings is 1. The first-order chi connectivity index (χ1) is 8.63. The lowest BCUT2D eigenvalue weighted by molar-refractivity contribution is 0.1000. The molecule has 0 aliphatic heterocycles. The first-order valence-corrected chi connectivity index (χ1v) is 5.14. The van der Waals surface area contributed by atoms with Crippen LogP contribution in [0.2, 0.25) is 0 Å². The highest BCUT2D eigenvalue weighted by atomic mass is 19.1. The van der Waals surface area contributed by atoms with E-state index in [-0.39, 0.29) is 5.56 Å². The Morgan fingerprint density at radius 1 is 1.33 bits per heavy atom. The van der Waals surface area contributed by atoms with Crippen LogP contribution in [0, 0.1) is 18.2 Å². The van der Waals surface area contributed by atoms with Gasteiger partial charge in [-0.15, -0.1) is 6.42 Å². The quantitative estimate of drug-likeness (QED) is 0.816. The van der Waals surface area contributed by atoms with Crippen molar-refractivity contribution in [1.29, 1.82) is 0 Å². The molecule has 2 N–H and O–H groups in total. The molecular formula is C14H9FN2O. The van der Waals surface area contributed by atoms with E-state index >= 15 is 0 Å². The molecule has 1 aromatic carbocycles. The molecule has 88 valence electrons. The summed E-state index contributed by atoms with van der Waals surface area (Å²) in [5.74, 6) is 1.22. The van der Waals surface area contributed by atoms with Crippen molar-refractivity contribution < 1.29 is 9.18 Å². The van der Waals surface area contributed by atoms with Crippen molar-refractivity contribution in [2.75, 3.05) is 0 Å². The maximum atomic E-state index is 13.9. The minimum atomic E-state index is -0.674. The highest BCUT2D eigenvalue weighted by molar-refractivity contribution is 5.93. The van der Waals surface area contributed by atoms with Crippen molar-refractivity contribution in [2.24, 2.45) is 5.73 Å². The van der Waals surface area contributed by atoms with E-state index < -0.39 is 11.7 Å². The summed E-state index contributed by atoms with van der Waals surface area (Å²) < 4.78 is 13.9. The molecule has 0 unspecified atom stereocenters. The van der Waals surface area contributed by atoms with Crippen molar-refractivity contribution in [3.8, 4) is 23.5 Å². The third kappa shape index (κ3) is 2.06. The number of benzene rings is 1. The van der Waals surface area contributed by atoms with E-state index in [4.69, 9.17) is 12.2 Å². The van der Waals surface area contributed by atoms with Crippen LogP contribution in [-0.2, 0) is 0 Å². The van der Waals surface area contributed by atoms with Gasteiger partial charge in [-0.2, -0.15) is 0 Å². The number of primary amides is 1. The summed E-state index contributed by atoms with van der Waals surface area (Å²) in [6, 6.07) is 5.66. The fourth-order valence-corrected chi connectivity index (χ4v) is 1.63. The Morgan fingerprint density at radius 3 is 2.72 bits per heavy atom. The van der Waals surface area contributed by atoms with Crippen LogP contribution in [0.4, 0.5) is 4.39 Å². The summed E-state index contributed by atoms with van der Waals surface area (Å²) in [5, 5.41) is 0. The van der Waals surface area contributed by atoms with Gasteiger partial charge in [0.1, 0.15) is 5.82 Å². The predicted octanol–water partition coefficient (Wildman–Crippen LogP) is 1.97. The molecule has 0 aliphatic carbocycles. The first kappa shape index (κ1) is 11.8. The zero-order valence-corrected chi connectivity index (χ0v) is 9.35. The van der Waals surface area contributed by atoms with Crippen LogP contribution in [0.1, 0.15) is 15.9 Å². The van der Waals surface area contributed by atoms with Gasteiger partial charge in [-0.05, 0) is 18.2 Å². The number of carbonyl (C=O) groups is 1. The molecule has 1 aromatic heterocycles. The van der Waals surface area contributed by atoms with Crippen molar-refractivity contribution >= 4 is 5.91 Å². The van der Waals surface area contributed by atoms with Crippen molar-refractivity contribution in [3.05, 3.63) is 53.6 Å². The molecule has 1 amide bonds. The Morgan fingerprint density at radius 2 is 2.11 bits per heavy atom. The van der Waals surface area contributed by atoms with Crippen LogP contribution in [-0.4, -0.2) is 10.9 Å². The third-order valence-corrected chi connectivity index (χ3v) is 2.52. The lowest BCUT2D eigenvalue weighted by atomic mass is 10.00. The first-order valence-electron chi connectivity index (χ1n) is 5.14. The van der Waals surface area contributed by atoms with E-state index in [1.54, 1.807) is 6.07 Å².